The van der Waals surface area contributed by atoms with Crippen LogP contribution in [-0.4, -0.2) is 17.8 Å². The van der Waals surface area contributed by atoms with Crippen LogP contribution in [0.3, 0.4) is 0 Å². The molecule has 0 saturated heterocycles. The van der Waals surface area contributed by atoms with E-state index in [4.69, 9.17) is 4.74 Å². The molecule has 0 radical (unpaired) electrons. The number of para-hydroxylation sites is 1. The molecule has 0 fully saturated rings. The van der Waals surface area contributed by atoms with E-state index in [1.54, 1.807) is 36.4 Å². The molecule has 0 aliphatic rings. The van der Waals surface area contributed by atoms with Crippen molar-refractivity contribution in [3.63, 3.8) is 0 Å². The largest absolute Gasteiger partial charge is 0.480 e. The van der Waals surface area contributed by atoms with E-state index in [2.05, 4.69) is 5.32 Å². The maximum Gasteiger partial charge on any atom is 0.265 e. The van der Waals surface area contributed by atoms with Crippen LogP contribution < -0.4 is 10.1 Å². The number of aryl methyl sites for hydroxylation is 1. The van der Waals surface area contributed by atoms with Crippen LogP contribution >= 0.6 is 0 Å². The second kappa shape index (κ2) is 9.20. The SMILES string of the molecule is CCC(Oc1cccc(C)c1C)C(=O)Nc1ccccc1C(=O)c1ccccc1. The highest BCUT2D eigenvalue weighted by Gasteiger charge is 2.22. The molecule has 1 atom stereocenters. The number of rotatable bonds is 7. The summed E-state index contributed by atoms with van der Waals surface area (Å²) in [5.74, 6) is 0.285. The summed E-state index contributed by atoms with van der Waals surface area (Å²) in [6.07, 6.45) is -0.149. The van der Waals surface area contributed by atoms with Gasteiger partial charge in [-0.05, 0) is 49.6 Å². The number of hydrogen-bond donors (Lipinski definition) is 1. The fraction of sp³-hybridized carbons (Fsp3) is 0.200. The van der Waals surface area contributed by atoms with E-state index in [-0.39, 0.29) is 11.7 Å². The fourth-order valence-electron chi connectivity index (χ4n) is 3.08. The van der Waals surface area contributed by atoms with Crippen LogP contribution in [0.2, 0.25) is 0 Å². The second-order valence-electron chi connectivity index (χ2n) is 6.94. The van der Waals surface area contributed by atoms with E-state index in [0.717, 1.165) is 11.1 Å². The molecule has 3 rings (SSSR count). The molecule has 0 saturated carbocycles. The van der Waals surface area contributed by atoms with E-state index in [0.29, 0.717) is 29.0 Å². The third kappa shape index (κ3) is 4.72. The molecule has 0 aromatic heterocycles. The average Bonchev–Trinajstić information content (AvgIpc) is 2.75. The first-order valence-corrected chi connectivity index (χ1v) is 9.73. The molecule has 1 unspecified atom stereocenters. The third-order valence-corrected chi connectivity index (χ3v) is 4.95. The first-order valence-electron chi connectivity index (χ1n) is 9.73. The smallest absolute Gasteiger partial charge is 0.265 e. The molecule has 0 heterocycles. The van der Waals surface area contributed by atoms with Crippen molar-refractivity contribution in [1.29, 1.82) is 0 Å². The Morgan fingerprint density at radius 3 is 2.31 bits per heavy atom. The number of benzene rings is 3. The highest BCUT2D eigenvalue weighted by atomic mass is 16.5. The Labute approximate surface area is 171 Å². The molecule has 4 heteroatoms. The van der Waals surface area contributed by atoms with Gasteiger partial charge in [0.15, 0.2) is 11.9 Å². The van der Waals surface area contributed by atoms with Gasteiger partial charge in [0.2, 0.25) is 0 Å². The molecular weight excluding hydrogens is 362 g/mol. The first-order chi connectivity index (χ1) is 14.0. The molecule has 29 heavy (non-hydrogen) atoms. The van der Waals surface area contributed by atoms with E-state index in [1.165, 1.54) is 0 Å². The fourth-order valence-corrected chi connectivity index (χ4v) is 3.08. The van der Waals surface area contributed by atoms with Gasteiger partial charge in [0.25, 0.3) is 5.91 Å². The molecular formula is C25H25NO3. The van der Waals surface area contributed by atoms with Gasteiger partial charge in [-0.15, -0.1) is 0 Å². The van der Waals surface area contributed by atoms with E-state index in [9.17, 15) is 9.59 Å². The van der Waals surface area contributed by atoms with Crippen molar-refractivity contribution in [2.45, 2.75) is 33.3 Å². The van der Waals surface area contributed by atoms with Crippen molar-refractivity contribution in [2.75, 3.05) is 5.32 Å². The number of nitrogens with one attached hydrogen (secondary N) is 1. The maximum absolute atomic E-state index is 12.9. The number of carbonyl (C=O) groups excluding carboxylic acids is 2. The summed E-state index contributed by atoms with van der Waals surface area (Å²) < 4.78 is 6.00. The monoisotopic (exact) mass is 387 g/mol. The lowest BCUT2D eigenvalue weighted by Crippen LogP contribution is -2.33. The Balaban J connectivity index is 1.81. The summed E-state index contributed by atoms with van der Waals surface area (Å²) in [6.45, 7) is 5.88. The maximum atomic E-state index is 12.9. The zero-order valence-corrected chi connectivity index (χ0v) is 16.9. The minimum atomic E-state index is -0.657. The molecule has 0 spiro atoms. The van der Waals surface area contributed by atoms with Crippen LogP contribution in [-0.2, 0) is 4.79 Å². The molecule has 3 aromatic carbocycles. The normalized spacial score (nSPS) is 11.6. The summed E-state index contributed by atoms with van der Waals surface area (Å²) in [4.78, 5) is 25.8. The minimum absolute atomic E-state index is 0.134. The van der Waals surface area contributed by atoms with E-state index < -0.39 is 6.10 Å². The van der Waals surface area contributed by atoms with E-state index >= 15 is 0 Å². The topological polar surface area (TPSA) is 55.4 Å². The molecule has 1 N–H and O–H groups in total. The zero-order valence-electron chi connectivity index (χ0n) is 16.9. The zero-order chi connectivity index (χ0) is 20.8. The molecule has 0 bridgehead atoms. The third-order valence-electron chi connectivity index (χ3n) is 4.95. The van der Waals surface area contributed by atoms with Crippen LogP contribution in [0.25, 0.3) is 0 Å². The summed E-state index contributed by atoms with van der Waals surface area (Å²) in [5.41, 5.74) is 3.63. The molecule has 0 aliphatic carbocycles. The molecule has 3 aromatic rings. The summed E-state index contributed by atoms with van der Waals surface area (Å²) in [5, 5.41) is 2.88. The first kappa shape index (κ1) is 20.3. The number of carbonyl (C=O) groups is 2. The van der Waals surface area contributed by atoms with Crippen molar-refractivity contribution in [3.8, 4) is 5.75 Å². The van der Waals surface area contributed by atoms with Crippen molar-refractivity contribution in [1.82, 2.24) is 0 Å². The Morgan fingerprint density at radius 1 is 0.897 bits per heavy atom. The Hall–Kier alpha value is -3.40. The Kier molecular flexibility index (Phi) is 6.45. The van der Waals surface area contributed by atoms with Gasteiger partial charge in [0.1, 0.15) is 5.75 Å². The lowest BCUT2D eigenvalue weighted by molar-refractivity contribution is -0.122. The molecule has 0 aliphatic heterocycles. The number of amides is 1. The average molecular weight is 387 g/mol. The van der Waals surface area contributed by atoms with Gasteiger partial charge >= 0.3 is 0 Å². The summed E-state index contributed by atoms with van der Waals surface area (Å²) in [6, 6.07) is 21.9. The molecule has 1 amide bonds. The van der Waals surface area contributed by atoms with Crippen LogP contribution in [0.15, 0.2) is 72.8 Å². The second-order valence-corrected chi connectivity index (χ2v) is 6.94. The van der Waals surface area contributed by atoms with Crippen LogP contribution in [0.1, 0.15) is 40.4 Å². The van der Waals surface area contributed by atoms with Gasteiger partial charge in [-0.3, -0.25) is 9.59 Å². The van der Waals surface area contributed by atoms with Crippen molar-refractivity contribution in [3.05, 3.63) is 95.1 Å². The van der Waals surface area contributed by atoms with Gasteiger partial charge in [0.05, 0.1) is 5.69 Å². The number of ketones is 1. The van der Waals surface area contributed by atoms with E-state index in [1.807, 2.05) is 57.2 Å². The lowest BCUT2D eigenvalue weighted by atomic mass is 10.0. The Morgan fingerprint density at radius 2 is 1.59 bits per heavy atom. The minimum Gasteiger partial charge on any atom is -0.480 e. The summed E-state index contributed by atoms with van der Waals surface area (Å²) in [7, 11) is 0. The van der Waals surface area contributed by atoms with Crippen LogP contribution in [0.5, 0.6) is 5.75 Å². The molecule has 4 nitrogen and oxygen atoms in total. The van der Waals surface area contributed by atoms with Crippen molar-refractivity contribution < 1.29 is 14.3 Å². The van der Waals surface area contributed by atoms with Gasteiger partial charge in [-0.1, -0.05) is 61.5 Å². The van der Waals surface area contributed by atoms with Crippen LogP contribution in [0.4, 0.5) is 5.69 Å². The van der Waals surface area contributed by atoms with Gasteiger partial charge in [-0.2, -0.15) is 0 Å². The standard InChI is InChI=1S/C25H25NO3/c1-4-22(29-23-16-10-11-17(2)18(23)3)25(28)26-21-15-9-8-14-20(21)24(27)19-12-6-5-7-13-19/h5-16,22H,4H2,1-3H3,(H,26,28). The number of hydrogen-bond acceptors (Lipinski definition) is 3. The lowest BCUT2D eigenvalue weighted by Gasteiger charge is -2.20. The van der Waals surface area contributed by atoms with Gasteiger partial charge in [-0.25, -0.2) is 0 Å². The highest BCUT2D eigenvalue weighted by Crippen LogP contribution is 2.24. The van der Waals surface area contributed by atoms with Crippen molar-refractivity contribution in [2.24, 2.45) is 0 Å². The Bertz CT molecular complexity index is 1010. The quantitative estimate of drug-likeness (QED) is 0.558. The van der Waals surface area contributed by atoms with Crippen LogP contribution in [0, 0.1) is 13.8 Å². The predicted molar refractivity (Wildman–Crippen MR) is 116 cm³/mol. The highest BCUT2D eigenvalue weighted by molar-refractivity contribution is 6.14. The van der Waals surface area contributed by atoms with Gasteiger partial charge in [0, 0.05) is 11.1 Å². The van der Waals surface area contributed by atoms with Crippen molar-refractivity contribution >= 4 is 17.4 Å². The number of anilines is 1. The van der Waals surface area contributed by atoms with Gasteiger partial charge < -0.3 is 10.1 Å². The number of ether oxygens (including phenoxy) is 1. The predicted octanol–water partition coefficient (Wildman–Crippen LogP) is 5.33. The molecule has 148 valence electrons. The summed E-state index contributed by atoms with van der Waals surface area (Å²) >= 11 is 0.